The topological polar surface area (TPSA) is 55.5 Å². The van der Waals surface area contributed by atoms with Crippen LogP contribution in [0.3, 0.4) is 0 Å². The molecule has 1 rings (SSSR count). The second-order valence-electron chi connectivity index (χ2n) is 8.26. The third-order valence-corrected chi connectivity index (χ3v) is 5.54. The maximum Gasteiger partial charge on any atom is 0.0924 e. The molecular formula is C25H45NO2. The fraction of sp³-hybridized carbons (Fsp3) is 0.760. The smallest absolute Gasteiger partial charge is 0.0924 e. The van der Waals surface area contributed by atoms with Gasteiger partial charge < -0.3 is 15.6 Å². The van der Waals surface area contributed by atoms with E-state index >= 15 is 0 Å². The Bertz CT molecular complexity index is 437. The van der Waals surface area contributed by atoms with Gasteiger partial charge in [-0.2, -0.15) is 0 Å². The first-order chi connectivity index (χ1) is 13.7. The summed E-state index contributed by atoms with van der Waals surface area (Å²) in [5.74, 6) is 0. The number of hydrogen-bond acceptors (Lipinski definition) is 3. The van der Waals surface area contributed by atoms with Gasteiger partial charge in [0.1, 0.15) is 0 Å². The van der Waals surface area contributed by atoms with E-state index in [0.29, 0.717) is 13.2 Å². The Morgan fingerprint density at radius 2 is 1.29 bits per heavy atom. The predicted octanol–water partition coefficient (Wildman–Crippen LogP) is 6.37. The van der Waals surface area contributed by atoms with Gasteiger partial charge in [-0.05, 0) is 12.0 Å². The van der Waals surface area contributed by atoms with E-state index in [-0.39, 0.29) is 6.04 Å². The van der Waals surface area contributed by atoms with Crippen LogP contribution in [0.4, 0.5) is 0 Å². The molecule has 0 aliphatic carbocycles. The van der Waals surface area contributed by atoms with Crippen LogP contribution in [0.25, 0.3) is 0 Å². The summed E-state index contributed by atoms with van der Waals surface area (Å²) in [4.78, 5) is 0. The molecule has 0 saturated heterocycles. The van der Waals surface area contributed by atoms with E-state index < -0.39 is 6.10 Å². The zero-order valence-electron chi connectivity index (χ0n) is 18.3. The Labute approximate surface area is 174 Å². The van der Waals surface area contributed by atoms with Crippen molar-refractivity contribution in [3.8, 4) is 0 Å². The van der Waals surface area contributed by atoms with Crippen LogP contribution in [-0.2, 0) is 11.3 Å². The largest absolute Gasteiger partial charge is 0.389 e. The Morgan fingerprint density at radius 1 is 0.786 bits per heavy atom. The average Bonchev–Trinajstić information content (AvgIpc) is 2.72. The van der Waals surface area contributed by atoms with Gasteiger partial charge in [-0.1, -0.05) is 121 Å². The number of benzene rings is 1. The van der Waals surface area contributed by atoms with E-state index in [1.165, 1.54) is 77.0 Å². The second kappa shape index (κ2) is 18.1. The number of aliphatic hydroxyl groups is 1. The summed E-state index contributed by atoms with van der Waals surface area (Å²) < 4.78 is 5.59. The second-order valence-corrected chi connectivity index (χ2v) is 8.26. The molecule has 1 aromatic carbocycles. The molecule has 1 aromatic rings. The first-order valence-electron chi connectivity index (χ1n) is 11.8. The van der Waals surface area contributed by atoms with Crippen molar-refractivity contribution in [2.24, 2.45) is 5.73 Å². The lowest BCUT2D eigenvalue weighted by atomic mass is 10.0. The van der Waals surface area contributed by atoms with Crippen LogP contribution in [0.15, 0.2) is 30.3 Å². The van der Waals surface area contributed by atoms with Gasteiger partial charge in [-0.3, -0.25) is 0 Å². The van der Waals surface area contributed by atoms with Gasteiger partial charge in [0.05, 0.1) is 19.3 Å². The van der Waals surface area contributed by atoms with E-state index in [1.54, 1.807) is 0 Å². The summed E-state index contributed by atoms with van der Waals surface area (Å²) in [5, 5.41) is 10.1. The number of rotatable bonds is 19. The van der Waals surface area contributed by atoms with E-state index in [2.05, 4.69) is 6.92 Å². The highest BCUT2D eigenvalue weighted by atomic mass is 16.5. The number of ether oxygens (including phenoxy) is 1. The molecule has 0 bridgehead atoms. The Balaban J connectivity index is 1.86. The van der Waals surface area contributed by atoms with Crippen molar-refractivity contribution in [1.29, 1.82) is 0 Å². The van der Waals surface area contributed by atoms with Gasteiger partial charge >= 0.3 is 0 Å². The van der Waals surface area contributed by atoms with E-state index in [9.17, 15) is 5.11 Å². The summed E-state index contributed by atoms with van der Waals surface area (Å²) in [7, 11) is 0. The lowest BCUT2D eigenvalue weighted by molar-refractivity contribution is 0.0143. The third-order valence-electron chi connectivity index (χ3n) is 5.54. The molecule has 3 N–H and O–H groups in total. The molecule has 0 saturated carbocycles. The maximum atomic E-state index is 10.1. The first-order valence-corrected chi connectivity index (χ1v) is 11.8. The molecular weight excluding hydrogens is 346 g/mol. The van der Waals surface area contributed by atoms with Gasteiger partial charge in [-0.15, -0.1) is 0 Å². The third kappa shape index (κ3) is 14.1. The minimum absolute atomic E-state index is 0.177. The summed E-state index contributed by atoms with van der Waals surface area (Å²) in [6.45, 7) is 3.12. The highest BCUT2D eigenvalue weighted by Crippen LogP contribution is 2.14. The lowest BCUT2D eigenvalue weighted by Crippen LogP contribution is -2.37. The monoisotopic (exact) mass is 391 g/mol. The SMILES string of the molecule is CCCCCCCCCCCCCCC[C@@H](N)[C@@H](O)COCc1ccccc1. The van der Waals surface area contributed by atoms with Crippen LogP contribution in [0, 0.1) is 0 Å². The summed E-state index contributed by atoms with van der Waals surface area (Å²) in [6.07, 6.45) is 17.9. The van der Waals surface area contributed by atoms with Crippen LogP contribution in [0.5, 0.6) is 0 Å². The average molecular weight is 392 g/mol. The Kier molecular flexibility index (Phi) is 16.3. The van der Waals surface area contributed by atoms with E-state index in [4.69, 9.17) is 10.5 Å². The Hall–Kier alpha value is -0.900. The van der Waals surface area contributed by atoms with Crippen molar-refractivity contribution < 1.29 is 9.84 Å². The number of unbranched alkanes of at least 4 members (excludes halogenated alkanes) is 12. The minimum Gasteiger partial charge on any atom is -0.389 e. The molecule has 162 valence electrons. The first kappa shape index (κ1) is 25.1. The molecule has 0 aromatic heterocycles. The van der Waals surface area contributed by atoms with Crippen molar-refractivity contribution in [1.82, 2.24) is 0 Å². The summed E-state index contributed by atoms with van der Waals surface area (Å²) in [6, 6.07) is 9.86. The zero-order chi connectivity index (χ0) is 20.3. The van der Waals surface area contributed by atoms with Crippen molar-refractivity contribution in [2.75, 3.05) is 6.61 Å². The molecule has 0 spiro atoms. The quantitative estimate of drug-likeness (QED) is 0.269. The molecule has 0 aliphatic heterocycles. The van der Waals surface area contributed by atoms with Crippen molar-refractivity contribution in [3.05, 3.63) is 35.9 Å². The summed E-state index contributed by atoms with van der Waals surface area (Å²) >= 11 is 0. The molecule has 0 unspecified atom stereocenters. The number of nitrogens with two attached hydrogens (primary N) is 1. The van der Waals surface area contributed by atoms with Crippen LogP contribution >= 0.6 is 0 Å². The fourth-order valence-electron chi connectivity index (χ4n) is 3.59. The van der Waals surface area contributed by atoms with Crippen molar-refractivity contribution >= 4 is 0 Å². The minimum atomic E-state index is -0.568. The predicted molar refractivity (Wildman–Crippen MR) is 120 cm³/mol. The maximum absolute atomic E-state index is 10.1. The molecule has 28 heavy (non-hydrogen) atoms. The lowest BCUT2D eigenvalue weighted by Gasteiger charge is -2.18. The normalized spacial score (nSPS) is 13.5. The number of aliphatic hydroxyl groups excluding tert-OH is 1. The van der Waals surface area contributed by atoms with Crippen LogP contribution in [0.1, 0.15) is 102 Å². The highest BCUT2D eigenvalue weighted by molar-refractivity contribution is 5.13. The molecule has 0 heterocycles. The van der Waals surface area contributed by atoms with Crippen molar-refractivity contribution in [3.63, 3.8) is 0 Å². The molecule has 2 atom stereocenters. The van der Waals surface area contributed by atoms with Crippen molar-refractivity contribution in [2.45, 2.75) is 116 Å². The standard InChI is InChI=1S/C25H45NO2/c1-2-3-4-5-6-7-8-9-10-11-12-13-17-20-24(26)25(27)22-28-21-23-18-15-14-16-19-23/h14-16,18-19,24-25,27H,2-13,17,20-22,26H2,1H3/t24-,25+/m1/s1. The molecule has 0 fully saturated rings. The van der Waals surface area contributed by atoms with Gasteiger partial charge in [-0.25, -0.2) is 0 Å². The van der Waals surface area contributed by atoms with E-state index in [0.717, 1.165) is 18.4 Å². The molecule has 3 nitrogen and oxygen atoms in total. The van der Waals surface area contributed by atoms with Gasteiger partial charge in [0, 0.05) is 6.04 Å². The molecule has 0 aliphatic rings. The van der Waals surface area contributed by atoms with Crippen LogP contribution in [0.2, 0.25) is 0 Å². The molecule has 3 heteroatoms. The van der Waals surface area contributed by atoms with E-state index in [1.807, 2.05) is 30.3 Å². The van der Waals surface area contributed by atoms with Gasteiger partial charge in [0.2, 0.25) is 0 Å². The van der Waals surface area contributed by atoms with Gasteiger partial charge in [0.25, 0.3) is 0 Å². The molecule has 0 radical (unpaired) electrons. The zero-order valence-corrected chi connectivity index (χ0v) is 18.3. The molecule has 0 amide bonds. The number of hydrogen-bond donors (Lipinski definition) is 2. The van der Waals surface area contributed by atoms with Gasteiger partial charge in [0.15, 0.2) is 0 Å². The summed E-state index contributed by atoms with van der Waals surface area (Å²) in [5.41, 5.74) is 7.23. The van der Waals surface area contributed by atoms with Crippen LogP contribution < -0.4 is 5.73 Å². The Morgan fingerprint density at radius 3 is 1.82 bits per heavy atom. The highest BCUT2D eigenvalue weighted by Gasteiger charge is 2.14. The van der Waals surface area contributed by atoms with Crippen LogP contribution in [-0.4, -0.2) is 23.9 Å². The fourth-order valence-corrected chi connectivity index (χ4v) is 3.59.